The molecule has 2 saturated heterocycles. The number of hydrogen-bond acceptors (Lipinski definition) is 13. The first kappa shape index (κ1) is 62.1. The summed E-state index contributed by atoms with van der Waals surface area (Å²) in [5.74, 6) is -0.255. The van der Waals surface area contributed by atoms with Crippen LogP contribution in [0.1, 0.15) is 194 Å². The molecule has 0 radical (unpaired) electrons. The summed E-state index contributed by atoms with van der Waals surface area (Å²) in [5.41, 5.74) is 0. The lowest BCUT2D eigenvalue weighted by Crippen LogP contribution is -2.65. The summed E-state index contributed by atoms with van der Waals surface area (Å²) in [6.07, 6.45) is 31.6. The average Bonchev–Trinajstić information content (AvgIpc) is 3.34. The van der Waals surface area contributed by atoms with E-state index in [9.17, 15) is 45.6 Å². The molecule has 0 bridgehead atoms. The molecule has 68 heavy (non-hydrogen) atoms. The van der Waals surface area contributed by atoms with Gasteiger partial charge in [0.25, 0.3) is 0 Å². The summed E-state index contributed by atoms with van der Waals surface area (Å²) >= 11 is 0. The van der Waals surface area contributed by atoms with Crippen LogP contribution in [0.2, 0.25) is 0 Å². The third-order valence-electron chi connectivity index (χ3n) is 13.0. The number of allylic oxidation sites excluding steroid dienone is 7. The second-order valence-electron chi connectivity index (χ2n) is 19.0. The third-order valence-corrected chi connectivity index (χ3v) is 13.0. The lowest BCUT2D eigenvalue weighted by molar-refractivity contribution is -0.359. The molecule has 0 aliphatic carbocycles. The van der Waals surface area contributed by atoms with Crippen molar-refractivity contribution in [3.63, 3.8) is 0 Å². The normalized spacial score (nSPS) is 26.7. The topological polar surface area (TPSA) is 228 Å². The van der Waals surface area contributed by atoms with Crippen LogP contribution >= 0.6 is 0 Å². The van der Waals surface area contributed by atoms with Gasteiger partial charge in [-0.15, -0.1) is 0 Å². The SMILES string of the molecule is CCCCCCC/C=C\C/C=C\CCCCCCCCCCCCCC(=O)NC(COC1OC(CO)C(OC2OC(CO)C(O)C(O)C2O)C(O)C1O)C(O)/C=C/CC/C=C/CCCCCCC. The average molecular weight is 968 g/mol. The van der Waals surface area contributed by atoms with Crippen LogP contribution in [0, 0.1) is 0 Å². The zero-order valence-electron chi connectivity index (χ0n) is 42.1. The van der Waals surface area contributed by atoms with Crippen LogP contribution < -0.4 is 5.32 Å². The molecule has 0 saturated carbocycles. The molecule has 2 heterocycles. The second kappa shape index (κ2) is 40.5. The standard InChI is InChI=1S/C54H97NO13/c1-3-5-7-9-11-13-15-16-17-18-19-20-21-22-23-24-25-26-28-30-32-34-36-38-46(59)55-42(43(58)37-35-33-31-29-27-14-12-10-8-6-4-2)41-65-53-51(64)49(62)52(45(40-57)67-53)68-54-50(63)48(61)47(60)44(39-56)66-54/h15-16,18-19,27,29,35,37,42-45,47-54,56-58,60-64H,3-14,17,20-26,28,30-34,36,38-41H2,1-2H3,(H,55,59)/b16-15-,19-18-,29-27+,37-35+. The van der Waals surface area contributed by atoms with Gasteiger partial charge >= 0.3 is 0 Å². The summed E-state index contributed by atoms with van der Waals surface area (Å²) in [6, 6.07) is -0.931. The molecule has 0 aromatic heterocycles. The molecule has 2 rings (SSSR count). The Kier molecular flexibility index (Phi) is 37.0. The number of carbonyl (C=O) groups excluding carboxylic acids is 1. The van der Waals surface area contributed by atoms with E-state index in [1.807, 2.05) is 6.08 Å². The monoisotopic (exact) mass is 968 g/mol. The van der Waals surface area contributed by atoms with Gasteiger partial charge in [-0.25, -0.2) is 0 Å². The molecule has 2 aliphatic heterocycles. The van der Waals surface area contributed by atoms with E-state index >= 15 is 0 Å². The number of aliphatic hydroxyl groups is 8. The largest absolute Gasteiger partial charge is 0.394 e. The molecule has 14 nitrogen and oxygen atoms in total. The van der Waals surface area contributed by atoms with Gasteiger partial charge in [0.1, 0.15) is 48.8 Å². The Bertz CT molecular complexity index is 1330. The molecule has 12 unspecified atom stereocenters. The molecule has 396 valence electrons. The number of unbranched alkanes of at least 4 members (excludes halogenated alkanes) is 22. The lowest BCUT2D eigenvalue weighted by atomic mass is 9.97. The maximum absolute atomic E-state index is 13.2. The molecular formula is C54H97NO13. The minimum atomic E-state index is -1.79. The lowest BCUT2D eigenvalue weighted by Gasteiger charge is -2.46. The van der Waals surface area contributed by atoms with Crippen LogP contribution in [0.25, 0.3) is 0 Å². The van der Waals surface area contributed by atoms with Crippen molar-refractivity contribution in [1.29, 1.82) is 0 Å². The van der Waals surface area contributed by atoms with Crippen LogP contribution in [0.15, 0.2) is 48.6 Å². The molecular weight excluding hydrogens is 871 g/mol. The summed E-state index contributed by atoms with van der Waals surface area (Å²) in [5, 5.41) is 86.7. The maximum Gasteiger partial charge on any atom is 0.220 e. The van der Waals surface area contributed by atoms with Gasteiger partial charge in [0.15, 0.2) is 12.6 Å². The zero-order valence-corrected chi connectivity index (χ0v) is 42.1. The van der Waals surface area contributed by atoms with Gasteiger partial charge in [-0.1, -0.05) is 172 Å². The summed E-state index contributed by atoms with van der Waals surface area (Å²) < 4.78 is 22.7. The first-order chi connectivity index (χ1) is 33.1. The fourth-order valence-corrected chi connectivity index (χ4v) is 8.57. The molecule has 2 fully saturated rings. The number of nitrogens with one attached hydrogen (secondary N) is 1. The first-order valence-electron chi connectivity index (χ1n) is 26.9. The van der Waals surface area contributed by atoms with Gasteiger partial charge in [0.2, 0.25) is 5.91 Å². The van der Waals surface area contributed by atoms with Crippen molar-refractivity contribution in [3.05, 3.63) is 48.6 Å². The second-order valence-corrected chi connectivity index (χ2v) is 19.0. The quantitative estimate of drug-likeness (QED) is 0.0212. The fraction of sp³-hybridized carbons (Fsp3) is 0.833. The van der Waals surface area contributed by atoms with Crippen molar-refractivity contribution in [2.75, 3.05) is 19.8 Å². The van der Waals surface area contributed by atoms with E-state index in [-0.39, 0.29) is 18.9 Å². The molecule has 9 N–H and O–H groups in total. The molecule has 0 spiro atoms. The van der Waals surface area contributed by atoms with E-state index in [0.29, 0.717) is 12.8 Å². The summed E-state index contributed by atoms with van der Waals surface area (Å²) in [4.78, 5) is 13.2. The van der Waals surface area contributed by atoms with E-state index in [4.69, 9.17) is 18.9 Å². The van der Waals surface area contributed by atoms with Crippen molar-refractivity contribution in [1.82, 2.24) is 5.32 Å². The van der Waals surface area contributed by atoms with Crippen molar-refractivity contribution < 1.29 is 64.6 Å². The number of hydrogen-bond donors (Lipinski definition) is 9. The van der Waals surface area contributed by atoms with Crippen molar-refractivity contribution in [3.8, 4) is 0 Å². The van der Waals surface area contributed by atoms with Crippen molar-refractivity contribution in [2.24, 2.45) is 0 Å². The Balaban J connectivity index is 1.77. The molecule has 1 amide bonds. The van der Waals surface area contributed by atoms with Crippen LogP contribution in [0.4, 0.5) is 0 Å². The van der Waals surface area contributed by atoms with Gasteiger partial charge in [-0.05, 0) is 64.2 Å². The first-order valence-corrected chi connectivity index (χ1v) is 26.9. The predicted molar refractivity (Wildman–Crippen MR) is 267 cm³/mol. The minimum Gasteiger partial charge on any atom is -0.394 e. The van der Waals surface area contributed by atoms with E-state index in [1.165, 1.54) is 122 Å². The van der Waals surface area contributed by atoms with Crippen LogP contribution in [0.5, 0.6) is 0 Å². The zero-order chi connectivity index (χ0) is 49.6. The number of ether oxygens (including phenoxy) is 4. The predicted octanol–water partition coefficient (Wildman–Crippen LogP) is 7.66. The summed E-state index contributed by atoms with van der Waals surface area (Å²) in [6.45, 7) is 2.72. The Morgan fingerprint density at radius 3 is 1.53 bits per heavy atom. The maximum atomic E-state index is 13.2. The smallest absolute Gasteiger partial charge is 0.220 e. The fourth-order valence-electron chi connectivity index (χ4n) is 8.57. The van der Waals surface area contributed by atoms with Gasteiger partial charge < -0.3 is 65.1 Å². The molecule has 2 aliphatic rings. The van der Waals surface area contributed by atoms with E-state index in [2.05, 4.69) is 55.6 Å². The van der Waals surface area contributed by atoms with Gasteiger partial charge in [-0.2, -0.15) is 0 Å². The number of carbonyl (C=O) groups is 1. The van der Waals surface area contributed by atoms with Crippen molar-refractivity contribution >= 4 is 5.91 Å². The molecule has 0 aromatic rings. The number of aliphatic hydroxyl groups excluding tert-OH is 8. The Labute approximate surface area is 410 Å². The van der Waals surface area contributed by atoms with Crippen LogP contribution in [-0.2, 0) is 23.7 Å². The van der Waals surface area contributed by atoms with Gasteiger partial charge in [0.05, 0.1) is 32.0 Å². The number of amides is 1. The van der Waals surface area contributed by atoms with Crippen molar-refractivity contribution in [2.45, 2.75) is 267 Å². The highest BCUT2D eigenvalue weighted by Gasteiger charge is 2.51. The van der Waals surface area contributed by atoms with Gasteiger partial charge in [0, 0.05) is 6.42 Å². The number of rotatable bonds is 41. The Morgan fingerprint density at radius 1 is 0.529 bits per heavy atom. The van der Waals surface area contributed by atoms with Crippen LogP contribution in [-0.4, -0.2) is 140 Å². The molecule has 14 heteroatoms. The minimum absolute atomic E-state index is 0.255. The highest BCUT2D eigenvalue weighted by atomic mass is 16.7. The van der Waals surface area contributed by atoms with E-state index < -0.39 is 86.8 Å². The molecule has 12 atom stereocenters. The summed E-state index contributed by atoms with van der Waals surface area (Å²) in [7, 11) is 0. The van der Waals surface area contributed by atoms with Gasteiger partial charge in [-0.3, -0.25) is 4.79 Å². The van der Waals surface area contributed by atoms with E-state index in [0.717, 1.165) is 38.5 Å². The highest BCUT2D eigenvalue weighted by Crippen LogP contribution is 2.30. The van der Waals surface area contributed by atoms with E-state index in [1.54, 1.807) is 6.08 Å². The van der Waals surface area contributed by atoms with Crippen LogP contribution in [0.3, 0.4) is 0 Å². The Hall–Kier alpha value is -2.05. The Morgan fingerprint density at radius 2 is 0.985 bits per heavy atom. The third kappa shape index (κ3) is 27.0. The highest BCUT2D eigenvalue weighted by molar-refractivity contribution is 5.76. The molecule has 0 aromatic carbocycles.